The third-order valence-electron chi connectivity index (χ3n) is 3.62. The highest BCUT2D eigenvalue weighted by atomic mass is 16.6. The number of amides is 3. The van der Waals surface area contributed by atoms with Crippen LogP contribution in [0.1, 0.15) is 31.7 Å². The predicted molar refractivity (Wildman–Crippen MR) is 94.7 cm³/mol. The lowest BCUT2D eigenvalue weighted by atomic mass is 10.1. The number of rotatable bonds is 7. The number of alkyl carbamates (subject to hydrolysis) is 1. The average molecular weight is 375 g/mol. The van der Waals surface area contributed by atoms with E-state index in [2.05, 4.69) is 9.84 Å². The molecule has 0 aliphatic carbocycles. The van der Waals surface area contributed by atoms with Gasteiger partial charge >= 0.3 is 12.1 Å². The first-order valence-corrected chi connectivity index (χ1v) is 8.55. The Morgan fingerprint density at radius 3 is 2.56 bits per heavy atom. The molecule has 0 unspecified atom stereocenters. The number of carbonyl (C=O) groups excluding carboxylic acids is 4. The van der Waals surface area contributed by atoms with Crippen molar-refractivity contribution < 1.29 is 28.7 Å². The van der Waals surface area contributed by atoms with Crippen molar-refractivity contribution in [2.45, 2.75) is 26.2 Å². The molecule has 0 atom stereocenters. The average Bonchev–Trinajstić information content (AvgIpc) is 3.15. The van der Waals surface area contributed by atoms with Gasteiger partial charge in [0.05, 0.1) is 25.3 Å². The van der Waals surface area contributed by atoms with Gasteiger partial charge in [-0.2, -0.15) is 5.10 Å². The fourth-order valence-electron chi connectivity index (χ4n) is 2.34. The lowest BCUT2D eigenvalue weighted by Gasteiger charge is -2.11. The number of nitrogens with zero attached hydrogens (tertiary/aromatic N) is 2. The minimum Gasteiger partial charge on any atom is -0.456 e. The summed E-state index contributed by atoms with van der Waals surface area (Å²) in [6.07, 6.45) is -0.522. The number of nitrogens with one attached hydrogen (secondary N) is 1. The van der Waals surface area contributed by atoms with Crippen LogP contribution in [0.2, 0.25) is 0 Å². The molecule has 0 saturated heterocycles. The summed E-state index contributed by atoms with van der Waals surface area (Å²) in [6.45, 7) is 1.55. The normalized spacial score (nSPS) is 12.9. The Morgan fingerprint density at radius 1 is 1.11 bits per heavy atom. The maximum absolute atomic E-state index is 12.2. The van der Waals surface area contributed by atoms with Gasteiger partial charge in [0, 0.05) is 12.8 Å². The van der Waals surface area contributed by atoms with Gasteiger partial charge in [0.15, 0.2) is 6.61 Å². The molecule has 0 radical (unpaired) electrons. The Kier molecular flexibility index (Phi) is 7.48. The SMILES string of the molecule is CCOC(=O)NC(=O)COC(=O)CCC(=O)N1CCC(c2ccccc2)=N1. The van der Waals surface area contributed by atoms with Crippen molar-refractivity contribution in [1.82, 2.24) is 10.3 Å². The highest BCUT2D eigenvalue weighted by Crippen LogP contribution is 2.15. The topological polar surface area (TPSA) is 114 Å². The Hall–Kier alpha value is -3.23. The van der Waals surface area contributed by atoms with Gasteiger partial charge in [0.2, 0.25) is 5.91 Å². The first kappa shape index (κ1) is 20.1. The van der Waals surface area contributed by atoms with Gasteiger partial charge in [-0.25, -0.2) is 9.80 Å². The summed E-state index contributed by atoms with van der Waals surface area (Å²) in [5.74, 6) is -1.81. The zero-order valence-corrected chi connectivity index (χ0v) is 15.0. The molecular weight excluding hydrogens is 354 g/mol. The summed E-state index contributed by atoms with van der Waals surface area (Å²) >= 11 is 0. The van der Waals surface area contributed by atoms with Crippen LogP contribution in [0, 0.1) is 0 Å². The van der Waals surface area contributed by atoms with Gasteiger partial charge in [0.25, 0.3) is 5.91 Å². The minimum absolute atomic E-state index is 0.0795. The molecule has 27 heavy (non-hydrogen) atoms. The zero-order chi connectivity index (χ0) is 19.6. The molecule has 3 amide bonds. The molecule has 1 aromatic carbocycles. The number of hydrazone groups is 1. The molecule has 9 heteroatoms. The Morgan fingerprint density at radius 2 is 1.85 bits per heavy atom. The van der Waals surface area contributed by atoms with Crippen LogP contribution >= 0.6 is 0 Å². The van der Waals surface area contributed by atoms with Gasteiger partial charge in [-0.15, -0.1) is 0 Å². The van der Waals surface area contributed by atoms with Crippen LogP contribution in [0.15, 0.2) is 35.4 Å². The number of hydrogen-bond acceptors (Lipinski definition) is 7. The van der Waals surface area contributed by atoms with Crippen LogP contribution < -0.4 is 5.32 Å². The van der Waals surface area contributed by atoms with E-state index in [0.29, 0.717) is 13.0 Å². The van der Waals surface area contributed by atoms with Gasteiger partial charge in [-0.3, -0.25) is 19.7 Å². The molecule has 1 aliphatic rings. The quantitative estimate of drug-likeness (QED) is 0.717. The fourth-order valence-corrected chi connectivity index (χ4v) is 2.34. The molecule has 0 saturated carbocycles. The maximum atomic E-state index is 12.2. The van der Waals surface area contributed by atoms with Crippen molar-refractivity contribution in [2.75, 3.05) is 19.8 Å². The number of benzene rings is 1. The molecule has 144 valence electrons. The summed E-state index contributed by atoms with van der Waals surface area (Å²) in [6, 6.07) is 9.55. The van der Waals surface area contributed by atoms with Crippen LogP contribution in [0.4, 0.5) is 4.79 Å². The second kappa shape index (κ2) is 10.0. The zero-order valence-electron chi connectivity index (χ0n) is 15.0. The minimum atomic E-state index is -0.908. The monoisotopic (exact) mass is 375 g/mol. The van der Waals surface area contributed by atoms with Crippen molar-refractivity contribution in [1.29, 1.82) is 0 Å². The van der Waals surface area contributed by atoms with Crippen LogP contribution in [-0.2, 0) is 23.9 Å². The van der Waals surface area contributed by atoms with E-state index >= 15 is 0 Å². The van der Waals surface area contributed by atoms with E-state index in [4.69, 9.17) is 4.74 Å². The van der Waals surface area contributed by atoms with Crippen molar-refractivity contribution in [3.05, 3.63) is 35.9 Å². The highest BCUT2D eigenvalue weighted by Gasteiger charge is 2.22. The van der Waals surface area contributed by atoms with Gasteiger partial charge in [0.1, 0.15) is 0 Å². The summed E-state index contributed by atoms with van der Waals surface area (Å²) in [7, 11) is 0. The lowest BCUT2D eigenvalue weighted by molar-refractivity contribution is -0.149. The third-order valence-corrected chi connectivity index (χ3v) is 3.62. The first-order chi connectivity index (χ1) is 13.0. The van der Waals surface area contributed by atoms with Crippen LogP contribution in [0.5, 0.6) is 0 Å². The Balaban J connectivity index is 1.71. The molecular formula is C18H21N3O6. The molecule has 1 aliphatic heterocycles. The molecule has 9 nitrogen and oxygen atoms in total. The van der Waals surface area contributed by atoms with Crippen LogP contribution in [0.3, 0.4) is 0 Å². The van der Waals surface area contributed by atoms with Crippen LogP contribution in [0.25, 0.3) is 0 Å². The van der Waals surface area contributed by atoms with Gasteiger partial charge < -0.3 is 9.47 Å². The largest absolute Gasteiger partial charge is 0.456 e. The summed E-state index contributed by atoms with van der Waals surface area (Å²) in [5.41, 5.74) is 1.78. The van der Waals surface area contributed by atoms with E-state index in [1.54, 1.807) is 6.92 Å². The van der Waals surface area contributed by atoms with E-state index in [1.165, 1.54) is 5.01 Å². The molecule has 0 bridgehead atoms. The second-order valence-electron chi connectivity index (χ2n) is 5.61. The van der Waals surface area contributed by atoms with E-state index in [1.807, 2.05) is 35.6 Å². The van der Waals surface area contributed by atoms with Crippen molar-refractivity contribution >= 4 is 29.6 Å². The summed E-state index contributed by atoms with van der Waals surface area (Å²) in [5, 5.41) is 7.53. The molecule has 2 rings (SSSR count). The number of carbonyl (C=O) groups is 4. The number of esters is 1. The Bertz CT molecular complexity index is 732. The molecule has 0 spiro atoms. The molecule has 1 heterocycles. The molecule has 0 fully saturated rings. The number of ether oxygens (including phenoxy) is 2. The third kappa shape index (κ3) is 6.53. The standard InChI is InChI=1S/C18H21N3O6/c1-2-26-18(25)19-15(22)12-27-17(24)9-8-16(23)21-11-10-14(20-21)13-6-4-3-5-7-13/h3-7H,2,8-12H2,1H3,(H,19,22,25). The smallest absolute Gasteiger partial charge is 0.413 e. The number of imide groups is 1. The molecule has 1 N–H and O–H groups in total. The summed E-state index contributed by atoms with van der Waals surface area (Å²) < 4.78 is 9.24. The summed E-state index contributed by atoms with van der Waals surface area (Å²) in [4.78, 5) is 46.2. The van der Waals surface area contributed by atoms with Gasteiger partial charge in [-0.05, 0) is 12.5 Å². The second-order valence-corrected chi connectivity index (χ2v) is 5.61. The van der Waals surface area contributed by atoms with Crippen molar-refractivity contribution in [3.8, 4) is 0 Å². The van der Waals surface area contributed by atoms with Crippen molar-refractivity contribution in [2.24, 2.45) is 5.10 Å². The maximum Gasteiger partial charge on any atom is 0.413 e. The van der Waals surface area contributed by atoms with E-state index in [0.717, 1.165) is 11.3 Å². The lowest BCUT2D eigenvalue weighted by Crippen LogP contribution is -2.34. The first-order valence-electron chi connectivity index (χ1n) is 8.55. The Labute approximate surface area is 156 Å². The van der Waals surface area contributed by atoms with E-state index in [9.17, 15) is 19.2 Å². The fraction of sp³-hybridized carbons (Fsp3) is 0.389. The van der Waals surface area contributed by atoms with Crippen molar-refractivity contribution in [3.63, 3.8) is 0 Å². The van der Waals surface area contributed by atoms with E-state index < -0.39 is 24.6 Å². The molecule has 0 aromatic heterocycles. The predicted octanol–water partition coefficient (Wildman–Crippen LogP) is 1.22. The van der Waals surface area contributed by atoms with Gasteiger partial charge in [-0.1, -0.05) is 30.3 Å². The number of hydrogen-bond donors (Lipinski definition) is 1. The van der Waals surface area contributed by atoms with E-state index in [-0.39, 0.29) is 25.4 Å². The molecule has 1 aromatic rings. The van der Waals surface area contributed by atoms with Crippen LogP contribution in [-0.4, -0.2) is 54.4 Å². The highest BCUT2D eigenvalue weighted by molar-refractivity contribution is 6.02.